The molecule has 19 heavy (non-hydrogen) atoms. The lowest BCUT2D eigenvalue weighted by Crippen LogP contribution is -2.36. The molecular formula is C12H17N3O3S. The van der Waals surface area contributed by atoms with Crippen molar-refractivity contribution in [3.05, 3.63) is 11.1 Å². The second-order valence-corrected chi connectivity index (χ2v) is 5.98. The van der Waals surface area contributed by atoms with Crippen molar-refractivity contribution in [2.24, 2.45) is 5.41 Å². The van der Waals surface area contributed by atoms with Gasteiger partial charge in [0.2, 0.25) is 0 Å². The van der Waals surface area contributed by atoms with Crippen molar-refractivity contribution in [3.63, 3.8) is 0 Å². The SMILES string of the molecule is CC(C)c1csc(NC(=O)NCC2(C(=O)O)CC2)n1. The van der Waals surface area contributed by atoms with Gasteiger partial charge in [-0.1, -0.05) is 13.8 Å². The van der Waals surface area contributed by atoms with Crippen LogP contribution in [0.15, 0.2) is 5.38 Å². The summed E-state index contributed by atoms with van der Waals surface area (Å²) in [4.78, 5) is 26.9. The van der Waals surface area contributed by atoms with Gasteiger partial charge in [0, 0.05) is 11.9 Å². The summed E-state index contributed by atoms with van der Waals surface area (Å²) in [7, 11) is 0. The van der Waals surface area contributed by atoms with Gasteiger partial charge >= 0.3 is 12.0 Å². The van der Waals surface area contributed by atoms with Crippen LogP contribution in [-0.2, 0) is 4.79 Å². The van der Waals surface area contributed by atoms with Crippen LogP contribution in [0.25, 0.3) is 0 Å². The Balaban J connectivity index is 1.82. The zero-order valence-corrected chi connectivity index (χ0v) is 11.7. The standard InChI is InChI=1S/C12H17N3O3S/c1-7(2)8-5-19-11(14-8)15-10(18)13-6-12(3-4-12)9(16)17/h5,7H,3-4,6H2,1-2H3,(H,16,17)(H2,13,14,15,18). The highest BCUT2D eigenvalue weighted by Crippen LogP contribution is 2.45. The minimum absolute atomic E-state index is 0.163. The fraction of sp³-hybridized carbons (Fsp3) is 0.583. The van der Waals surface area contributed by atoms with Crippen LogP contribution < -0.4 is 10.6 Å². The van der Waals surface area contributed by atoms with Gasteiger partial charge in [-0.25, -0.2) is 9.78 Å². The van der Waals surface area contributed by atoms with Crippen molar-refractivity contribution >= 4 is 28.5 Å². The minimum atomic E-state index is -0.843. The summed E-state index contributed by atoms with van der Waals surface area (Å²) >= 11 is 1.36. The van der Waals surface area contributed by atoms with Crippen molar-refractivity contribution in [1.29, 1.82) is 0 Å². The van der Waals surface area contributed by atoms with E-state index in [1.54, 1.807) is 0 Å². The molecule has 1 aromatic rings. The molecule has 0 bridgehead atoms. The molecule has 0 radical (unpaired) electrons. The van der Waals surface area contributed by atoms with Crippen molar-refractivity contribution in [3.8, 4) is 0 Å². The molecule has 0 aromatic carbocycles. The van der Waals surface area contributed by atoms with Crippen LogP contribution in [-0.4, -0.2) is 28.6 Å². The third kappa shape index (κ3) is 3.23. The fourth-order valence-electron chi connectivity index (χ4n) is 1.62. The van der Waals surface area contributed by atoms with Crippen LogP contribution in [0.3, 0.4) is 0 Å². The number of carbonyl (C=O) groups excluding carboxylic acids is 1. The summed E-state index contributed by atoms with van der Waals surface area (Å²) in [6, 6.07) is -0.405. The number of carboxylic acids is 1. The number of carboxylic acid groups (broad SMARTS) is 1. The lowest BCUT2D eigenvalue weighted by atomic mass is 10.1. The first-order valence-corrected chi connectivity index (χ1v) is 7.04. The van der Waals surface area contributed by atoms with Gasteiger partial charge < -0.3 is 10.4 Å². The first-order valence-electron chi connectivity index (χ1n) is 6.17. The van der Waals surface area contributed by atoms with E-state index in [-0.39, 0.29) is 6.54 Å². The summed E-state index contributed by atoms with van der Waals surface area (Å²) < 4.78 is 0. The van der Waals surface area contributed by atoms with Crippen LogP contribution in [0.5, 0.6) is 0 Å². The normalized spacial score (nSPS) is 16.2. The number of anilines is 1. The molecule has 0 saturated heterocycles. The molecule has 2 rings (SSSR count). The number of carbonyl (C=O) groups is 2. The summed E-state index contributed by atoms with van der Waals surface area (Å²) in [6.07, 6.45) is 1.24. The predicted molar refractivity (Wildman–Crippen MR) is 72.5 cm³/mol. The van der Waals surface area contributed by atoms with Crippen molar-refractivity contribution in [1.82, 2.24) is 10.3 Å². The molecule has 6 nitrogen and oxygen atoms in total. The Morgan fingerprint density at radius 2 is 2.21 bits per heavy atom. The number of nitrogens with zero attached hydrogens (tertiary/aromatic N) is 1. The molecule has 3 N–H and O–H groups in total. The number of aromatic nitrogens is 1. The van der Waals surface area contributed by atoms with Gasteiger partial charge in [0.1, 0.15) is 0 Å². The molecule has 104 valence electrons. The van der Waals surface area contributed by atoms with Gasteiger partial charge in [-0.2, -0.15) is 0 Å². The molecule has 2 amide bonds. The number of aliphatic carboxylic acids is 1. The Labute approximate surface area is 115 Å². The lowest BCUT2D eigenvalue weighted by molar-refractivity contribution is -0.143. The Hall–Kier alpha value is -1.63. The van der Waals surface area contributed by atoms with E-state index in [0.29, 0.717) is 23.9 Å². The molecule has 1 saturated carbocycles. The monoisotopic (exact) mass is 283 g/mol. The molecule has 1 aromatic heterocycles. The third-order valence-electron chi connectivity index (χ3n) is 3.23. The molecule has 0 aliphatic heterocycles. The van der Waals surface area contributed by atoms with Crippen LogP contribution in [0.1, 0.15) is 38.3 Å². The molecule has 7 heteroatoms. The summed E-state index contributed by atoms with van der Waals surface area (Å²) in [5.74, 6) is -0.527. The van der Waals surface area contributed by atoms with E-state index < -0.39 is 17.4 Å². The number of nitrogens with one attached hydrogen (secondary N) is 2. The van der Waals surface area contributed by atoms with E-state index in [1.807, 2.05) is 19.2 Å². The maximum atomic E-state index is 11.6. The number of hydrogen-bond donors (Lipinski definition) is 3. The first kappa shape index (κ1) is 13.8. The summed E-state index contributed by atoms with van der Waals surface area (Å²) in [5.41, 5.74) is 0.188. The Morgan fingerprint density at radius 1 is 1.53 bits per heavy atom. The Morgan fingerprint density at radius 3 is 2.68 bits per heavy atom. The van der Waals surface area contributed by atoms with Gasteiger partial charge in [-0.15, -0.1) is 11.3 Å². The van der Waals surface area contributed by atoms with Crippen molar-refractivity contribution < 1.29 is 14.7 Å². The van der Waals surface area contributed by atoms with Gasteiger partial charge in [0.15, 0.2) is 5.13 Å². The van der Waals surface area contributed by atoms with E-state index in [9.17, 15) is 9.59 Å². The largest absolute Gasteiger partial charge is 0.481 e. The zero-order valence-electron chi connectivity index (χ0n) is 10.9. The van der Waals surface area contributed by atoms with Gasteiger partial charge in [-0.3, -0.25) is 10.1 Å². The van der Waals surface area contributed by atoms with Crippen molar-refractivity contribution in [2.75, 3.05) is 11.9 Å². The van der Waals surface area contributed by atoms with E-state index in [2.05, 4.69) is 15.6 Å². The van der Waals surface area contributed by atoms with Gasteiger partial charge in [0.25, 0.3) is 0 Å². The quantitative estimate of drug-likeness (QED) is 0.773. The van der Waals surface area contributed by atoms with Crippen LogP contribution in [0.2, 0.25) is 0 Å². The number of urea groups is 1. The van der Waals surface area contributed by atoms with E-state index >= 15 is 0 Å². The van der Waals surface area contributed by atoms with E-state index in [0.717, 1.165) is 5.69 Å². The highest BCUT2D eigenvalue weighted by molar-refractivity contribution is 7.13. The van der Waals surface area contributed by atoms with Crippen LogP contribution >= 0.6 is 11.3 Å². The number of thiazole rings is 1. The highest BCUT2D eigenvalue weighted by Gasteiger charge is 2.50. The fourth-order valence-corrected chi connectivity index (χ4v) is 2.48. The Bertz CT molecular complexity index is 494. The first-order chi connectivity index (χ1) is 8.93. The smallest absolute Gasteiger partial charge is 0.321 e. The molecule has 1 heterocycles. The molecule has 0 atom stereocenters. The average Bonchev–Trinajstić information content (AvgIpc) is 3.00. The number of rotatable bonds is 5. The van der Waals surface area contributed by atoms with Crippen LogP contribution in [0, 0.1) is 5.41 Å². The number of amides is 2. The van der Waals surface area contributed by atoms with Gasteiger partial charge in [-0.05, 0) is 18.8 Å². The molecule has 0 unspecified atom stereocenters. The molecule has 0 spiro atoms. The Kier molecular flexibility index (Phi) is 3.75. The predicted octanol–water partition coefficient (Wildman–Crippen LogP) is 2.25. The van der Waals surface area contributed by atoms with Crippen molar-refractivity contribution in [2.45, 2.75) is 32.6 Å². The molecular weight excluding hydrogens is 266 g/mol. The second-order valence-electron chi connectivity index (χ2n) is 5.13. The molecule has 1 fully saturated rings. The lowest BCUT2D eigenvalue weighted by Gasteiger charge is -2.10. The van der Waals surface area contributed by atoms with Crippen LogP contribution in [0.4, 0.5) is 9.93 Å². The summed E-state index contributed by atoms with van der Waals surface area (Å²) in [5, 5.41) is 16.6. The average molecular weight is 283 g/mol. The second kappa shape index (κ2) is 5.16. The molecule has 1 aliphatic rings. The topological polar surface area (TPSA) is 91.3 Å². The molecule has 1 aliphatic carbocycles. The van der Waals surface area contributed by atoms with E-state index in [1.165, 1.54) is 11.3 Å². The number of hydrogen-bond acceptors (Lipinski definition) is 4. The third-order valence-corrected chi connectivity index (χ3v) is 4.00. The van der Waals surface area contributed by atoms with Gasteiger partial charge in [0.05, 0.1) is 11.1 Å². The summed E-state index contributed by atoms with van der Waals surface area (Å²) in [6.45, 7) is 4.22. The zero-order chi connectivity index (χ0) is 14.0. The van der Waals surface area contributed by atoms with E-state index in [4.69, 9.17) is 5.11 Å². The maximum Gasteiger partial charge on any atom is 0.321 e. The maximum absolute atomic E-state index is 11.6. The minimum Gasteiger partial charge on any atom is -0.481 e. The highest BCUT2D eigenvalue weighted by atomic mass is 32.1.